The van der Waals surface area contributed by atoms with Crippen LogP contribution in [0.15, 0.2) is 0 Å². The van der Waals surface area contributed by atoms with Crippen LogP contribution in [0.25, 0.3) is 0 Å². The first-order chi connectivity index (χ1) is 7.53. The molecule has 1 fully saturated rings. The second-order valence-electron chi connectivity index (χ2n) is 6.10. The van der Waals surface area contributed by atoms with Crippen molar-refractivity contribution in [3.63, 3.8) is 0 Å². The van der Waals surface area contributed by atoms with E-state index >= 15 is 0 Å². The molecule has 1 heterocycles. The maximum absolute atomic E-state index is 14.8. The maximum atomic E-state index is 14.8. The first kappa shape index (κ1) is 14.4. The first-order valence-corrected chi connectivity index (χ1v) is 6.21. The fraction of sp³-hybridized carbons (Fsp3) is 0.923. The molecule has 2 nitrogen and oxygen atoms in total. The molecule has 0 aromatic carbocycles. The van der Waals surface area contributed by atoms with Crippen LogP contribution in [0.2, 0.25) is 0 Å². The summed E-state index contributed by atoms with van der Waals surface area (Å²) in [6, 6.07) is -0.778. The quantitative estimate of drug-likeness (QED) is 0.798. The van der Waals surface area contributed by atoms with Gasteiger partial charge < -0.3 is 5.32 Å². The lowest BCUT2D eigenvalue weighted by atomic mass is 9.65. The van der Waals surface area contributed by atoms with Gasteiger partial charge in [0.2, 0.25) is 5.91 Å². The van der Waals surface area contributed by atoms with Crippen molar-refractivity contribution >= 4 is 5.91 Å². The number of hydrogen-bond acceptors (Lipinski definition) is 1. The van der Waals surface area contributed by atoms with Crippen molar-refractivity contribution in [2.75, 3.05) is 0 Å². The molecule has 0 aliphatic carbocycles. The van der Waals surface area contributed by atoms with Gasteiger partial charge in [-0.25, -0.2) is 8.78 Å². The molecule has 1 N–H and O–H groups in total. The molecule has 0 aromatic heterocycles. The van der Waals surface area contributed by atoms with Crippen LogP contribution >= 0.6 is 0 Å². The summed E-state index contributed by atoms with van der Waals surface area (Å²) in [6.07, 6.45) is 0. The number of rotatable bonds is 2. The highest BCUT2D eigenvalue weighted by Crippen LogP contribution is 2.46. The van der Waals surface area contributed by atoms with Crippen LogP contribution in [0, 0.1) is 17.8 Å². The van der Waals surface area contributed by atoms with Crippen LogP contribution in [0.5, 0.6) is 0 Å². The van der Waals surface area contributed by atoms with Crippen molar-refractivity contribution in [2.45, 2.75) is 58.9 Å². The van der Waals surface area contributed by atoms with Gasteiger partial charge in [-0.05, 0) is 25.7 Å². The predicted molar refractivity (Wildman–Crippen MR) is 64.1 cm³/mol. The molecule has 0 saturated carbocycles. The fourth-order valence-corrected chi connectivity index (χ4v) is 2.95. The van der Waals surface area contributed by atoms with E-state index in [0.717, 1.165) is 0 Å². The summed E-state index contributed by atoms with van der Waals surface area (Å²) >= 11 is 0. The fourth-order valence-electron chi connectivity index (χ4n) is 2.95. The Balaban J connectivity index is 3.20. The van der Waals surface area contributed by atoms with Gasteiger partial charge in [-0.3, -0.25) is 4.79 Å². The Hall–Kier alpha value is -0.670. The molecular weight excluding hydrogens is 224 g/mol. The summed E-state index contributed by atoms with van der Waals surface area (Å²) < 4.78 is 29.5. The Bertz CT molecular complexity index is 311. The zero-order valence-electron chi connectivity index (χ0n) is 11.5. The van der Waals surface area contributed by atoms with E-state index in [0.29, 0.717) is 0 Å². The SMILES string of the molecule is CC(C)C1NC(=O)C(C(C)C)C(C)(F)C1(C)F. The number of hydrogen-bond donors (Lipinski definition) is 1. The third-order valence-electron chi connectivity index (χ3n) is 4.04. The number of carbonyl (C=O) groups is 1. The summed E-state index contributed by atoms with van der Waals surface area (Å²) in [6.45, 7) is 9.53. The molecule has 100 valence electrons. The zero-order chi connectivity index (χ0) is 13.6. The Morgan fingerprint density at radius 1 is 1.06 bits per heavy atom. The summed E-state index contributed by atoms with van der Waals surface area (Å²) in [5.41, 5.74) is -4.19. The van der Waals surface area contributed by atoms with Crippen LogP contribution in [0.3, 0.4) is 0 Å². The average Bonchev–Trinajstić information content (AvgIpc) is 2.10. The van der Waals surface area contributed by atoms with Gasteiger partial charge in [-0.1, -0.05) is 27.7 Å². The van der Waals surface area contributed by atoms with E-state index in [-0.39, 0.29) is 17.7 Å². The van der Waals surface area contributed by atoms with Crippen LogP contribution < -0.4 is 5.32 Å². The van der Waals surface area contributed by atoms with Crippen LogP contribution in [0.1, 0.15) is 41.5 Å². The number of carbonyl (C=O) groups excluding carboxylic acids is 1. The van der Waals surface area contributed by atoms with Gasteiger partial charge in [0.15, 0.2) is 11.3 Å². The molecule has 4 atom stereocenters. The molecule has 0 aromatic rings. The van der Waals surface area contributed by atoms with Crippen LogP contribution in [0.4, 0.5) is 8.78 Å². The minimum atomic E-state index is -2.14. The minimum absolute atomic E-state index is 0.142. The predicted octanol–water partition coefficient (Wildman–Crippen LogP) is 2.87. The number of nitrogens with one attached hydrogen (secondary N) is 1. The van der Waals surface area contributed by atoms with Gasteiger partial charge in [-0.2, -0.15) is 0 Å². The molecule has 0 spiro atoms. The normalized spacial score (nSPS) is 43.1. The highest BCUT2D eigenvalue weighted by molar-refractivity contribution is 5.82. The third-order valence-corrected chi connectivity index (χ3v) is 4.04. The molecular formula is C13H23F2NO. The third kappa shape index (κ3) is 2.06. The van der Waals surface area contributed by atoms with Gasteiger partial charge >= 0.3 is 0 Å². The highest BCUT2D eigenvalue weighted by atomic mass is 19.2. The van der Waals surface area contributed by atoms with Gasteiger partial charge in [0.1, 0.15) is 0 Å². The van der Waals surface area contributed by atoms with Crippen LogP contribution in [-0.4, -0.2) is 23.3 Å². The van der Waals surface area contributed by atoms with Crippen molar-refractivity contribution in [2.24, 2.45) is 17.8 Å². The van der Waals surface area contributed by atoms with E-state index < -0.39 is 23.3 Å². The Morgan fingerprint density at radius 3 is 1.88 bits per heavy atom. The van der Waals surface area contributed by atoms with E-state index in [2.05, 4.69) is 5.32 Å². The standard InChI is InChI=1S/C13H23F2NO/c1-7(2)9-11(17)16-10(8(3)4)13(6,15)12(9,5)14/h7-10H,1-6H3,(H,16,17). The van der Waals surface area contributed by atoms with Crippen molar-refractivity contribution in [3.05, 3.63) is 0 Å². The molecule has 4 heteroatoms. The molecule has 1 amide bonds. The number of alkyl halides is 2. The Kier molecular flexibility index (Phi) is 3.57. The number of amides is 1. The highest BCUT2D eigenvalue weighted by Gasteiger charge is 2.63. The van der Waals surface area contributed by atoms with Crippen molar-refractivity contribution in [1.29, 1.82) is 0 Å². The summed E-state index contributed by atoms with van der Waals surface area (Å²) in [7, 11) is 0. The van der Waals surface area contributed by atoms with Crippen molar-refractivity contribution < 1.29 is 13.6 Å². The van der Waals surface area contributed by atoms with Gasteiger partial charge in [0.25, 0.3) is 0 Å². The van der Waals surface area contributed by atoms with Crippen molar-refractivity contribution in [1.82, 2.24) is 5.32 Å². The molecule has 17 heavy (non-hydrogen) atoms. The van der Waals surface area contributed by atoms with Crippen LogP contribution in [-0.2, 0) is 4.79 Å². The van der Waals surface area contributed by atoms with E-state index in [9.17, 15) is 13.6 Å². The number of halogens is 2. The minimum Gasteiger partial charge on any atom is -0.349 e. The molecule has 0 radical (unpaired) electrons. The molecule has 1 saturated heterocycles. The monoisotopic (exact) mass is 247 g/mol. The lowest BCUT2D eigenvalue weighted by Gasteiger charge is -2.50. The smallest absolute Gasteiger partial charge is 0.227 e. The zero-order valence-corrected chi connectivity index (χ0v) is 11.5. The van der Waals surface area contributed by atoms with E-state index in [4.69, 9.17) is 0 Å². The lowest BCUT2D eigenvalue weighted by molar-refractivity contribution is -0.163. The summed E-state index contributed by atoms with van der Waals surface area (Å²) in [5.74, 6) is -1.68. The Morgan fingerprint density at radius 2 is 1.53 bits per heavy atom. The van der Waals surface area contributed by atoms with E-state index in [1.165, 1.54) is 13.8 Å². The topological polar surface area (TPSA) is 29.1 Å². The summed E-state index contributed by atoms with van der Waals surface area (Å²) in [5, 5.41) is 2.64. The largest absolute Gasteiger partial charge is 0.349 e. The lowest BCUT2D eigenvalue weighted by Crippen LogP contribution is -2.71. The van der Waals surface area contributed by atoms with Gasteiger partial charge in [-0.15, -0.1) is 0 Å². The first-order valence-electron chi connectivity index (χ1n) is 6.21. The number of piperidine rings is 1. The van der Waals surface area contributed by atoms with E-state index in [1.807, 2.05) is 0 Å². The van der Waals surface area contributed by atoms with E-state index in [1.54, 1.807) is 27.7 Å². The molecule has 1 rings (SSSR count). The Labute approximate surface area is 102 Å². The molecule has 1 aliphatic rings. The maximum Gasteiger partial charge on any atom is 0.227 e. The molecule has 1 aliphatic heterocycles. The van der Waals surface area contributed by atoms with Crippen molar-refractivity contribution in [3.8, 4) is 0 Å². The second kappa shape index (κ2) is 4.21. The van der Waals surface area contributed by atoms with Gasteiger partial charge in [0.05, 0.1) is 12.0 Å². The molecule has 0 bridgehead atoms. The average molecular weight is 247 g/mol. The second-order valence-corrected chi connectivity index (χ2v) is 6.10. The van der Waals surface area contributed by atoms with Gasteiger partial charge in [0, 0.05) is 0 Å². The molecule has 4 unspecified atom stereocenters. The summed E-state index contributed by atoms with van der Waals surface area (Å²) in [4.78, 5) is 11.9.